The Hall–Kier alpha value is -2.17. The fourth-order valence-corrected chi connectivity index (χ4v) is 1.55. The summed E-state index contributed by atoms with van der Waals surface area (Å²) in [5, 5.41) is 12.8. The number of anilines is 1. The number of phenols is 1. The smallest absolute Gasteiger partial charge is 0.160 e. The Balaban J connectivity index is 2.05. The molecule has 0 saturated heterocycles. The van der Waals surface area contributed by atoms with Crippen molar-refractivity contribution in [1.82, 2.24) is 9.55 Å². The molecule has 0 radical (unpaired) electrons. The molecule has 0 aliphatic heterocycles. The van der Waals surface area contributed by atoms with Crippen molar-refractivity contribution in [1.29, 1.82) is 0 Å². The first-order valence-electron chi connectivity index (χ1n) is 5.27. The number of aryl methyl sites for hydroxylation is 1. The summed E-state index contributed by atoms with van der Waals surface area (Å²) in [7, 11) is 3.47. The summed E-state index contributed by atoms with van der Waals surface area (Å²) in [4.78, 5) is 4.03. The van der Waals surface area contributed by atoms with Crippen molar-refractivity contribution in [2.45, 2.75) is 6.54 Å². The standard InChI is InChI=1S/C12H15N3O2/c1-15-8-13-6-10(15)7-14-9-3-4-12(17-2)11(16)5-9/h3-6,8,14,16H,7H2,1-2H3. The van der Waals surface area contributed by atoms with Crippen LogP contribution in [0.25, 0.3) is 0 Å². The number of benzene rings is 1. The summed E-state index contributed by atoms with van der Waals surface area (Å²) < 4.78 is 6.92. The summed E-state index contributed by atoms with van der Waals surface area (Å²) in [5.74, 6) is 0.596. The van der Waals surface area contributed by atoms with Gasteiger partial charge in [-0.3, -0.25) is 0 Å². The van der Waals surface area contributed by atoms with Crippen molar-refractivity contribution in [2.75, 3.05) is 12.4 Å². The van der Waals surface area contributed by atoms with Crippen LogP contribution in [0.4, 0.5) is 5.69 Å². The van der Waals surface area contributed by atoms with E-state index in [1.54, 1.807) is 24.7 Å². The van der Waals surface area contributed by atoms with E-state index >= 15 is 0 Å². The van der Waals surface area contributed by atoms with Gasteiger partial charge in [0.2, 0.25) is 0 Å². The highest BCUT2D eigenvalue weighted by atomic mass is 16.5. The van der Waals surface area contributed by atoms with Crippen molar-refractivity contribution in [2.24, 2.45) is 7.05 Å². The molecule has 17 heavy (non-hydrogen) atoms. The van der Waals surface area contributed by atoms with Gasteiger partial charge in [0.25, 0.3) is 0 Å². The van der Waals surface area contributed by atoms with Crippen LogP contribution in [0, 0.1) is 0 Å². The largest absolute Gasteiger partial charge is 0.504 e. The second-order valence-corrected chi connectivity index (χ2v) is 3.74. The lowest BCUT2D eigenvalue weighted by atomic mass is 10.2. The minimum absolute atomic E-state index is 0.127. The Morgan fingerprint density at radius 2 is 2.29 bits per heavy atom. The second kappa shape index (κ2) is 4.78. The molecule has 0 saturated carbocycles. The number of nitrogens with zero attached hydrogens (tertiary/aromatic N) is 2. The van der Waals surface area contributed by atoms with Crippen LogP contribution in [-0.4, -0.2) is 21.8 Å². The van der Waals surface area contributed by atoms with Gasteiger partial charge in [-0.15, -0.1) is 0 Å². The van der Waals surface area contributed by atoms with E-state index in [9.17, 15) is 5.11 Å². The van der Waals surface area contributed by atoms with Gasteiger partial charge >= 0.3 is 0 Å². The molecule has 0 aliphatic carbocycles. The Bertz CT molecular complexity index is 508. The van der Waals surface area contributed by atoms with Crippen molar-refractivity contribution in [3.05, 3.63) is 36.4 Å². The van der Waals surface area contributed by atoms with E-state index in [1.165, 1.54) is 7.11 Å². The highest BCUT2D eigenvalue weighted by Crippen LogP contribution is 2.28. The van der Waals surface area contributed by atoms with Gasteiger partial charge < -0.3 is 19.7 Å². The molecule has 0 spiro atoms. The zero-order valence-corrected chi connectivity index (χ0v) is 9.84. The normalized spacial score (nSPS) is 10.2. The Morgan fingerprint density at radius 3 is 2.88 bits per heavy atom. The average molecular weight is 233 g/mol. The number of hydrogen-bond acceptors (Lipinski definition) is 4. The van der Waals surface area contributed by atoms with Gasteiger partial charge in [0.1, 0.15) is 0 Å². The van der Waals surface area contributed by atoms with Gasteiger partial charge in [0.05, 0.1) is 25.7 Å². The van der Waals surface area contributed by atoms with Crippen LogP contribution in [0.5, 0.6) is 11.5 Å². The van der Waals surface area contributed by atoms with Crippen molar-refractivity contribution in [3.63, 3.8) is 0 Å². The van der Waals surface area contributed by atoms with E-state index < -0.39 is 0 Å². The van der Waals surface area contributed by atoms with E-state index in [4.69, 9.17) is 4.74 Å². The lowest BCUT2D eigenvalue weighted by Gasteiger charge is -2.09. The van der Waals surface area contributed by atoms with E-state index in [0.29, 0.717) is 12.3 Å². The van der Waals surface area contributed by atoms with Crippen LogP contribution in [0.2, 0.25) is 0 Å². The molecule has 1 heterocycles. The minimum atomic E-state index is 0.127. The second-order valence-electron chi connectivity index (χ2n) is 3.74. The molecule has 0 bridgehead atoms. The number of aromatic hydroxyl groups is 1. The topological polar surface area (TPSA) is 59.3 Å². The number of aromatic nitrogens is 2. The van der Waals surface area contributed by atoms with Gasteiger partial charge in [0, 0.05) is 25.0 Å². The molecule has 2 aromatic rings. The van der Waals surface area contributed by atoms with Crippen LogP contribution in [0.3, 0.4) is 0 Å². The van der Waals surface area contributed by atoms with Crippen molar-refractivity contribution >= 4 is 5.69 Å². The van der Waals surface area contributed by atoms with Crippen LogP contribution >= 0.6 is 0 Å². The predicted octanol–water partition coefficient (Wildman–Crippen LogP) is 1.75. The first-order chi connectivity index (χ1) is 8.20. The molecule has 5 nitrogen and oxygen atoms in total. The van der Waals surface area contributed by atoms with Crippen LogP contribution < -0.4 is 10.1 Å². The average Bonchev–Trinajstić information content (AvgIpc) is 2.72. The molecule has 1 aromatic carbocycles. The van der Waals surface area contributed by atoms with E-state index in [0.717, 1.165) is 11.4 Å². The monoisotopic (exact) mass is 233 g/mol. The molecule has 5 heteroatoms. The maximum atomic E-state index is 9.62. The van der Waals surface area contributed by atoms with Crippen molar-refractivity contribution in [3.8, 4) is 11.5 Å². The lowest BCUT2D eigenvalue weighted by Crippen LogP contribution is -2.03. The summed E-state index contributed by atoms with van der Waals surface area (Å²) in [6.45, 7) is 0.655. The number of rotatable bonds is 4. The predicted molar refractivity (Wildman–Crippen MR) is 65.2 cm³/mol. The fourth-order valence-electron chi connectivity index (χ4n) is 1.55. The molecule has 0 atom stereocenters. The third-order valence-corrected chi connectivity index (χ3v) is 2.57. The van der Waals surface area contributed by atoms with Gasteiger partial charge in [0.15, 0.2) is 11.5 Å². The lowest BCUT2D eigenvalue weighted by molar-refractivity contribution is 0.373. The number of imidazole rings is 1. The van der Waals surface area contributed by atoms with Gasteiger partial charge in [-0.25, -0.2) is 4.98 Å². The minimum Gasteiger partial charge on any atom is -0.504 e. The molecule has 0 unspecified atom stereocenters. The molecule has 90 valence electrons. The molecular weight excluding hydrogens is 218 g/mol. The number of hydrogen-bond donors (Lipinski definition) is 2. The quantitative estimate of drug-likeness (QED) is 0.844. The highest BCUT2D eigenvalue weighted by Gasteiger charge is 2.03. The Labute approximate surface area is 99.7 Å². The van der Waals surface area contributed by atoms with Gasteiger partial charge in [-0.2, -0.15) is 0 Å². The maximum absolute atomic E-state index is 9.62. The molecule has 1 aromatic heterocycles. The third kappa shape index (κ3) is 2.50. The van der Waals surface area contributed by atoms with E-state index in [-0.39, 0.29) is 5.75 Å². The Kier molecular flexibility index (Phi) is 3.18. The summed E-state index contributed by atoms with van der Waals surface area (Å²) >= 11 is 0. The van der Waals surface area contributed by atoms with Crippen molar-refractivity contribution < 1.29 is 9.84 Å². The first-order valence-corrected chi connectivity index (χ1v) is 5.27. The zero-order valence-electron chi connectivity index (χ0n) is 9.84. The Morgan fingerprint density at radius 1 is 1.47 bits per heavy atom. The fraction of sp³-hybridized carbons (Fsp3) is 0.250. The summed E-state index contributed by atoms with van der Waals surface area (Å²) in [5.41, 5.74) is 1.91. The van der Waals surface area contributed by atoms with Crippen LogP contribution in [0.1, 0.15) is 5.69 Å². The molecule has 0 fully saturated rings. The molecule has 2 N–H and O–H groups in total. The van der Waals surface area contributed by atoms with Crippen LogP contribution in [0.15, 0.2) is 30.7 Å². The molecular formula is C12H15N3O2. The molecule has 0 aliphatic rings. The SMILES string of the molecule is COc1ccc(NCc2cncn2C)cc1O. The highest BCUT2D eigenvalue weighted by molar-refractivity contribution is 5.54. The van der Waals surface area contributed by atoms with Gasteiger partial charge in [-0.1, -0.05) is 0 Å². The van der Waals surface area contributed by atoms with Crippen LogP contribution in [-0.2, 0) is 13.6 Å². The van der Waals surface area contributed by atoms with Gasteiger partial charge in [-0.05, 0) is 12.1 Å². The maximum Gasteiger partial charge on any atom is 0.160 e. The number of phenolic OH excluding ortho intramolecular Hbond substituents is 1. The molecule has 0 amide bonds. The summed E-state index contributed by atoms with van der Waals surface area (Å²) in [6.07, 6.45) is 3.55. The number of nitrogens with one attached hydrogen (secondary N) is 1. The zero-order chi connectivity index (χ0) is 12.3. The number of ether oxygens (including phenoxy) is 1. The van der Waals surface area contributed by atoms with E-state index in [1.807, 2.05) is 17.7 Å². The van der Waals surface area contributed by atoms with E-state index in [2.05, 4.69) is 10.3 Å². The summed E-state index contributed by atoms with van der Waals surface area (Å²) in [6, 6.07) is 5.21. The third-order valence-electron chi connectivity index (χ3n) is 2.57. The first kappa shape index (κ1) is 11.3. The molecule has 2 rings (SSSR count). The number of methoxy groups -OCH3 is 1.